The van der Waals surface area contributed by atoms with Gasteiger partial charge in [0, 0.05) is 18.6 Å². The van der Waals surface area contributed by atoms with Gasteiger partial charge >= 0.3 is 0 Å². The maximum atomic E-state index is 11.8. The summed E-state index contributed by atoms with van der Waals surface area (Å²) in [5.41, 5.74) is 5.76. The van der Waals surface area contributed by atoms with Gasteiger partial charge in [-0.15, -0.1) is 0 Å². The molecular formula is C10H22N2O2S. The fraction of sp³-hybridized carbons (Fsp3) is 1.00. The molecule has 1 heterocycles. The molecule has 0 atom stereocenters. The van der Waals surface area contributed by atoms with Gasteiger partial charge in [-0.3, -0.25) is 0 Å². The van der Waals surface area contributed by atoms with Crippen molar-refractivity contribution in [2.24, 2.45) is 11.7 Å². The third kappa shape index (κ3) is 3.16. The minimum Gasteiger partial charge on any atom is -0.323 e. The summed E-state index contributed by atoms with van der Waals surface area (Å²) in [6.45, 7) is 6.89. The first-order chi connectivity index (χ1) is 6.79. The molecule has 0 radical (unpaired) electrons. The standard InChI is InChI=1S/C10H22N2O2S/c1-4-5-10(11)7-12(8-10)15(13,14)6-9(2)3/h9H,4-8,11H2,1-3H3. The fourth-order valence-corrected chi connectivity index (χ4v) is 4.00. The van der Waals surface area contributed by atoms with E-state index in [1.807, 2.05) is 13.8 Å². The minimum atomic E-state index is -3.06. The number of rotatable bonds is 5. The van der Waals surface area contributed by atoms with Gasteiger partial charge in [-0.05, 0) is 12.3 Å². The molecule has 0 aromatic rings. The summed E-state index contributed by atoms with van der Waals surface area (Å²) in [6.07, 6.45) is 1.91. The highest BCUT2D eigenvalue weighted by molar-refractivity contribution is 7.89. The van der Waals surface area contributed by atoms with Crippen LogP contribution in [0.2, 0.25) is 0 Å². The first-order valence-electron chi connectivity index (χ1n) is 5.56. The van der Waals surface area contributed by atoms with Crippen molar-refractivity contribution in [2.45, 2.75) is 39.2 Å². The average Bonchev–Trinajstić information content (AvgIpc) is 1.97. The first kappa shape index (κ1) is 12.9. The largest absolute Gasteiger partial charge is 0.323 e. The predicted octanol–water partition coefficient (Wildman–Crippen LogP) is 0.785. The molecule has 0 aromatic heterocycles. The quantitative estimate of drug-likeness (QED) is 0.765. The number of nitrogens with two attached hydrogens (primary N) is 1. The van der Waals surface area contributed by atoms with Crippen molar-refractivity contribution < 1.29 is 8.42 Å². The number of nitrogens with zero attached hydrogens (tertiary/aromatic N) is 1. The highest BCUT2D eigenvalue weighted by atomic mass is 32.2. The zero-order valence-electron chi connectivity index (χ0n) is 9.86. The zero-order chi connectivity index (χ0) is 11.7. The van der Waals surface area contributed by atoms with Crippen LogP contribution in [0.1, 0.15) is 33.6 Å². The summed E-state index contributed by atoms with van der Waals surface area (Å²) in [5, 5.41) is 0. The van der Waals surface area contributed by atoms with Gasteiger partial charge in [0.2, 0.25) is 10.0 Å². The van der Waals surface area contributed by atoms with E-state index < -0.39 is 10.0 Å². The lowest BCUT2D eigenvalue weighted by atomic mass is 9.89. The molecule has 5 heteroatoms. The Kier molecular flexibility index (Phi) is 3.79. The molecule has 1 aliphatic heterocycles. The van der Waals surface area contributed by atoms with Crippen molar-refractivity contribution >= 4 is 10.0 Å². The van der Waals surface area contributed by atoms with Crippen LogP contribution in [0.3, 0.4) is 0 Å². The summed E-state index contributed by atoms with van der Waals surface area (Å²) in [7, 11) is -3.06. The predicted molar refractivity (Wildman–Crippen MR) is 62.0 cm³/mol. The van der Waals surface area contributed by atoms with E-state index in [1.54, 1.807) is 0 Å². The van der Waals surface area contributed by atoms with Crippen LogP contribution in [-0.4, -0.2) is 37.1 Å². The van der Waals surface area contributed by atoms with Gasteiger partial charge in [-0.25, -0.2) is 8.42 Å². The van der Waals surface area contributed by atoms with Crippen LogP contribution in [0.5, 0.6) is 0 Å². The van der Waals surface area contributed by atoms with Crippen LogP contribution in [0.4, 0.5) is 0 Å². The van der Waals surface area contributed by atoms with Crippen molar-refractivity contribution in [3.05, 3.63) is 0 Å². The smallest absolute Gasteiger partial charge is 0.214 e. The maximum Gasteiger partial charge on any atom is 0.214 e. The minimum absolute atomic E-state index is 0.175. The fourth-order valence-electron chi connectivity index (χ4n) is 2.04. The second-order valence-electron chi connectivity index (χ2n) is 5.05. The van der Waals surface area contributed by atoms with Gasteiger partial charge in [0.25, 0.3) is 0 Å². The van der Waals surface area contributed by atoms with E-state index in [0.717, 1.165) is 12.8 Å². The number of hydrogen-bond donors (Lipinski definition) is 1. The van der Waals surface area contributed by atoms with Crippen LogP contribution in [-0.2, 0) is 10.0 Å². The van der Waals surface area contributed by atoms with Crippen molar-refractivity contribution in [2.75, 3.05) is 18.8 Å². The van der Waals surface area contributed by atoms with E-state index in [-0.39, 0.29) is 17.2 Å². The highest BCUT2D eigenvalue weighted by Crippen LogP contribution is 2.26. The molecule has 0 unspecified atom stereocenters. The van der Waals surface area contributed by atoms with E-state index >= 15 is 0 Å². The Balaban J connectivity index is 2.51. The molecule has 0 bridgehead atoms. The maximum absolute atomic E-state index is 11.8. The lowest BCUT2D eigenvalue weighted by Gasteiger charge is -2.46. The third-order valence-corrected chi connectivity index (χ3v) is 4.80. The van der Waals surface area contributed by atoms with Crippen LogP contribution in [0.15, 0.2) is 0 Å². The van der Waals surface area contributed by atoms with Gasteiger partial charge < -0.3 is 5.73 Å². The van der Waals surface area contributed by atoms with Gasteiger partial charge in [-0.1, -0.05) is 27.2 Å². The monoisotopic (exact) mass is 234 g/mol. The molecule has 0 saturated carbocycles. The topological polar surface area (TPSA) is 63.4 Å². The van der Waals surface area contributed by atoms with Crippen LogP contribution < -0.4 is 5.73 Å². The normalized spacial score (nSPS) is 21.7. The molecule has 0 spiro atoms. The molecule has 1 saturated heterocycles. The van der Waals surface area contributed by atoms with Crippen molar-refractivity contribution in [3.8, 4) is 0 Å². The van der Waals surface area contributed by atoms with Gasteiger partial charge in [0.1, 0.15) is 0 Å². The Morgan fingerprint density at radius 1 is 1.40 bits per heavy atom. The number of sulfonamides is 1. The SMILES string of the molecule is CCCC1(N)CN(S(=O)(=O)CC(C)C)C1. The molecule has 1 rings (SSSR count). The second-order valence-corrected chi connectivity index (χ2v) is 7.07. The number of hydrogen-bond acceptors (Lipinski definition) is 3. The van der Waals surface area contributed by atoms with Crippen LogP contribution >= 0.6 is 0 Å². The van der Waals surface area contributed by atoms with Gasteiger partial charge in [-0.2, -0.15) is 4.31 Å². The molecule has 2 N–H and O–H groups in total. The van der Waals surface area contributed by atoms with E-state index in [0.29, 0.717) is 13.1 Å². The Hall–Kier alpha value is -0.130. The molecule has 1 aliphatic rings. The molecule has 90 valence electrons. The Labute approximate surface area is 92.9 Å². The van der Waals surface area contributed by atoms with E-state index in [9.17, 15) is 8.42 Å². The Bertz CT molecular complexity index is 305. The molecule has 0 aromatic carbocycles. The highest BCUT2D eigenvalue weighted by Gasteiger charge is 2.44. The third-order valence-electron chi connectivity index (χ3n) is 2.67. The Morgan fingerprint density at radius 3 is 2.33 bits per heavy atom. The summed E-state index contributed by atoms with van der Waals surface area (Å²) in [5.74, 6) is 0.406. The molecule has 1 fully saturated rings. The molecule has 0 aliphatic carbocycles. The molecule has 4 nitrogen and oxygen atoms in total. The summed E-state index contributed by atoms with van der Waals surface area (Å²) in [4.78, 5) is 0. The van der Waals surface area contributed by atoms with Gasteiger partial charge in [0.15, 0.2) is 0 Å². The Morgan fingerprint density at radius 2 is 1.93 bits per heavy atom. The molecule has 15 heavy (non-hydrogen) atoms. The summed E-state index contributed by atoms with van der Waals surface area (Å²) >= 11 is 0. The second kappa shape index (κ2) is 4.39. The van der Waals surface area contributed by atoms with Crippen LogP contribution in [0, 0.1) is 5.92 Å². The molecule has 0 amide bonds. The first-order valence-corrected chi connectivity index (χ1v) is 7.17. The lowest BCUT2D eigenvalue weighted by molar-refractivity contribution is 0.146. The van der Waals surface area contributed by atoms with Crippen LogP contribution in [0.25, 0.3) is 0 Å². The van der Waals surface area contributed by atoms with Crippen molar-refractivity contribution in [3.63, 3.8) is 0 Å². The summed E-state index contributed by atoms with van der Waals surface area (Å²) < 4.78 is 25.1. The van der Waals surface area contributed by atoms with E-state index in [1.165, 1.54) is 4.31 Å². The van der Waals surface area contributed by atoms with E-state index in [4.69, 9.17) is 5.73 Å². The summed E-state index contributed by atoms with van der Waals surface area (Å²) in [6, 6.07) is 0. The molecular weight excluding hydrogens is 212 g/mol. The lowest BCUT2D eigenvalue weighted by Crippen LogP contribution is -2.68. The van der Waals surface area contributed by atoms with Crippen molar-refractivity contribution in [1.29, 1.82) is 0 Å². The zero-order valence-corrected chi connectivity index (χ0v) is 10.7. The van der Waals surface area contributed by atoms with E-state index in [2.05, 4.69) is 6.92 Å². The average molecular weight is 234 g/mol. The van der Waals surface area contributed by atoms with Crippen molar-refractivity contribution in [1.82, 2.24) is 4.31 Å². The van der Waals surface area contributed by atoms with Gasteiger partial charge in [0.05, 0.1) is 5.75 Å².